The largest absolute Gasteiger partial charge is 0.339 e. The summed E-state index contributed by atoms with van der Waals surface area (Å²) in [6.07, 6.45) is 2.08. The van der Waals surface area contributed by atoms with Gasteiger partial charge in [0.1, 0.15) is 0 Å². The van der Waals surface area contributed by atoms with Gasteiger partial charge in [-0.2, -0.15) is 0 Å². The highest BCUT2D eigenvalue weighted by molar-refractivity contribution is 6.35. The van der Waals surface area contributed by atoms with Crippen LogP contribution in [0.5, 0.6) is 0 Å². The highest BCUT2D eigenvalue weighted by Gasteiger charge is 2.24. The molecule has 0 unspecified atom stereocenters. The van der Waals surface area contributed by atoms with Crippen molar-refractivity contribution in [2.45, 2.75) is 19.8 Å². The third-order valence-electron chi connectivity index (χ3n) is 3.74. The Hall–Kier alpha value is -0.770. The van der Waals surface area contributed by atoms with E-state index in [1.165, 1.54) is 0 Å². The van der Waals surface area contributed by atoms with Gasteiger partial charge in [-0.3, -0.25) is 4.79 Å². The predicted octanol–water partition coefficient (Wildman–Crippen LogP) is 3.46. The van der Waals surface area contributed by atoms with Crippen LogP contribution in [0.25, 0.3) is 0 Å². The summed E-state index contributed by atoms with van der Waals surface area (Å²) >= 11 is 12.0. The van der Waals surface area contributed by atoms with Crippen LogP contribution in [0.15, 0.2) is 18.2 Å². The van der Waals surface area contributed by atoms with Gasteiger partial charge in [-0.25, -0.2) is 0 Å². The number of carbonyl (C=O) groups is 1. The topological polar surface area (TPSA) is 32.3 Å². The number of nitrogens with one attached hydrogen (secondary N) is 1. The fourth-order valence-corrected chi connectivity index (χ4v) is 2.89. The van der Waals surface area contributed by atoms with Gasteiger partial charge >= 0.3 is 0 Å². The molecule has 1 saturated heterocycles. The van der Waals surface area contributed by atoms with Crippen molar-refractivity contribution in [3.8, 4) is 0 Å². The van der Waals surface area contributed by atoms with Gasteiger partial charge in [-0.1, -0.05) is 30.1 Å². The van der Waals surface area contributed by atoms with Crippen molar-refractivity contribution < 1.29 is 4.79 Å². The maximum Gasteiger partial charge on any atom is 0.255 e. The first-order valence-corrected chi connectivity index (χ1v) is 7.82. The van der Waals surface area contributed by atoms with Crippen LogP contribution in [0, 0.1) is 5.92 Å². The number of likely N-dealkylation sites (tertiary alicyclic amines) is 1. The van der Waals surface area contributed by atoms with Crippen molar-refractivity contribution in [3.05, 3.63) is 33.8 Å². The van der Waals surface area contributed by atoms with Crippen molar-refractivity contribution in [2.24, 2.45) is 5.92 Å². The number of rotatable bonds is 4. The average Bonchev–Trinajstić information content (AvgIpc) is 2.47. The molecule has 0 aromatic heterocycles. The van der Waals surface area contributed by atoms with Crippen LogP contribution in [-0.2, 0) is 0 Å². The molecule has 110 valence electrons. The van der Waals surface area contributed by atoms with E-state index >= 15 is 0 Å². The zero-order chi connectivity index (χ0) is 14.5. The monoisotopic (exact) mass is 314 g/mol. The predicted molar refractivity (Wildman–Crippen MR) is 83.6 cm³/mol. The number of amides is 1. The fourth-order valence-electron chi connectivity index (χ4n) is 2.52. The van der Waals surface area contributed by atoms with E-state index in [9.17, 15) is 4.79 Å². The van der Waals surface area contributed by atoms with E-state index in [4.69, 9.17) is 23.2 Å². The van der Waals surface area contributed by atoms with Gasteiger partial charge in [0.15, 0.2) is 0 Å². The number of hydrogen-bond donors (Lipinski definition) is 1. The molecule has 3 nitrogen and oxygen atoms in total. The molecule has 1 aliphatic heterocycles. The molecule has 20 heavy (non-hydrogen) atoms. The summed E-state index contributed by atoms with van der Waals surface area (Å²) in [4.78, 5) is 14.3. The van der Waals surface area contributed by atoms with Crippen molar-refractivity contribution in [3.63, 3.8) is 0 Å². The molecule has 0 bridgehead atoms. The number of carbonyl (C=O) groups excluding carboxylic acids is 1. The summed E-state index contributed by atoms with van der Waals surface area (Å²) in [6.45, 7) is 5.73. The van der Waals surface area contributed by atoms with Crippen LogP contribution in [-0.4, -0.2) is 37.0 Å². The molecule has 0 spiro atoms. The SMILES string of the molecule is CCNCC1CCN(C(=O)c2cc(Cl)ccc2Cl)CC1. The quantitative estimate of drug-likeness (QED) is 0.923. The second-order valence-electron chi connectivity index (χ2n) is 5.17. The van der Waals surface area contributed by atoms with Gasteiger partial charge in [0.05, 0.1) is 10.6 Å². The van der Waals surface area contributed by atoms with Gasteiger partial charge < -0.3 is 10.2 Å². The summed E-state index contributed by atoms with van der Waals surface area (Å²) in [5, 5.41) is 4.38. The fraction of sp³-hybridized carbons (Fsp3) is 0.533. The van der Waals surface area contributed by atoms with Crippen LogP contribution < -0.4 is 5.32 Å². The molecule has 0 radical (unpaired) electrons. The van der Waals surface area contributed by atoms with E-state index in [-0.39, 0.29) is 5.91 Å². The van der Waals surface area contributed by atoms with Crippen LogP contribution >= 0.6 is 23.2 Å². The van der Waals surface area contributed by atoms with Crippen LogP contribution in [0.1, 0.15) is 30.1 Å². The van der Waals surface area contributed by atoms with Crippen LogP contribution in [0.4, 0.5) is 0 Å². The molecule has 0 aliphatic carbocycles. The molecular formula is C15H20Cl2N2O. The molecule has 1 aliphatic rings. The minimum Gasteiger partial charge on any atom is -0.339 e. The molecule has 1 fully saturated rings. The van der Waals surface area contributed by atoms with E-state index in [0.717, 1.165) is 39.0 Å². The summed E-state index contributed by atoms with van der Waals surface area (Å²) in [5.41, 5.74) is 0.504. The normalized spacial score (nSPS) is 16.4. The van der Waals surface area contributed by atoms with E-state index in [1.807, 2.05) is 4.90 Å². The molecule has 1 N–H and O–H groups in total. The molecule has 5 heteroatoms. The zero-order valence-corrected chi connectivity index (χ0v) is 13.2. The van der Waals surface area contributed by atoms with E-state index < -0.39 is 0 Å². The maximum absolute atomic E-state index is 12.5. The summed E-state index contributed by atoms with van der Waals surface area (Å²) in [5.74, 6) is 0.647. The van der Waals surface area contributed by atoms with Gasteiger partial charge in [0, 0.05) is 18.1 Å². The number of piperidine rings is 1. The minimum absolute atomic E-state index is 0.0144. The van der Waals surface area contributed by atoms with E-state index in [1.54, 1.807) is 18.2 Å². The lowest BCUT2D eigenvalue weighted by Crippen LogP contribution is -2.40. The third kappa shape index (κ3) is 3.87. The van der Waals surface area contributed by atoms with E-state index in [2.05, 4.69) is 12.2 Å². The third-order valence-corrected chi connectivity index (χ3v) is 4.31. The lowest BCUT2D eigenvalue weighted by atomic mass is 9.96. The molecule has 2 rings (SSSR count). The Morgan fingerprint density at radius 1 is 1.35 bits per heavy atom. The number of hydrogen-bond acceptors (Lipinski definition) is 2. The lowest BCUT2D eigenvalue weighted by Gasteiger charge is -2.32. The first-order chi connectivity index (χ1) is 9.61. The zero-order valence-electron chi connectivity index (χ0n) is 11.7. The summed E-state index contributed by atoms with van der Waals surface area (Å²) < 4.78 is 0. The standard InChI is InChI=1S/C15H20Cl2N2O/c1-2-18-10-11-5-7-19(8-6-11)15(20)13-9-12(16)3-4-14(13)17/h3-4,9,11,18H,2,5-8,10H2,1H3. The molecule has 1 aromatic rings. The number of halogens is 2. The molecule has 1 aromatic carbocycles. The maximum atomic E-state index is 12.5. The van der Waals surface area contributed by atoms with Gasteiger partial charge in [-0.15, -0.1) is 0 Å². The minimum atomic E-state index is -0.0144. The van der Waals surface area contributed by atoms with Crippen molar-refractivity contribution in [1.29, 1.82) is 0 Å². The molecule has 1 amide bonds. The smallest absolute Gasteiger partial charge is 0.255 e. The molecule has 0 saturated carbocycles. The highest BCUT2D eigenvalue weighted by atomic mass is 35.5. The second kappa shape index (κ2) is 7.30. The van der Waals surface area contributed by atoms with Gasteiger partial charge in [-0.05, 0) is 50.0 Å². The van der Waals surface area contributed by atoms with Gasteiger partial charge in [0.2, 0.25) is 0 Å². The summed E-state index contributed by atoms with van der Waals surface area (Å²) in [7, 11) is 0. The molecule has 0 atom stereocenters. The second-order valence-corrected chi connectivity index (χ2v) is 6.01. The number of nitrogens with zero attached hydrogens (tertiary/aromatic N) is 1. The first kappa shape index (κ1) is 15.6. The number of benzene rings is 1. The Kier molecular flexibility index (Phi) is 5.70. The van der Waals surface area contributed by atoms with E-state index in [0.29, 0.717) is 21.5 Å². The Balaban J connectivity index is 1.96. The van der Waals surface area contributed by atoms with Crippen LogP contribution in [0.2, 0.25) is 10.0 Å². The highest BCUT2D eigenvalue weighted by Crippen LogP contribution is 2.24. The summed E-state index contributed by atoms with van der Waals surface area (Å²) in [6, 6.07) is 5.02. The Labute approximate surface area is 130 Å². The van der Waals surface area contributed by atoms with Crippen molar-refractivity contribution in [2.75, 3.05) is 26.2 Å². The van der Waals surface area contributed by atoms with Crippen molar-refractivity contribution in [1.82, 2.24) is 10.2 Å². The van der Waals surface area contributed by atoms with Gasteiger partial charge in [0.25, 0.3) is 5.91 Å². The van der Waals surface area contributed by atoms with Crippen molar-refractivity contribution >= 4 is 29.1 Å². The Morgan fingerprint density at radius 3 is 2.70 bits per heavy atom. The molecule has 1 heterocycles. The lowest BCUT2D eigenvalue weighted by molar-refractivity contribution is 0.0690. The average molecular weight is 315 g/mol. The molecular weight excluding hydrogens is 295 g/mol. The Bertz CT molecular complexity index is 471. The first-order valence-electron chi connectivity index (χ1n) is 7.07. The van der Waals surface area contributed by atoms with Crippen LogP contribution in [0.3, 0.4) is 0 Å². The Morgan fingerprint density at radius 2 is 2.05 bits per heavy atom.